The van der Waals surface area contributed by atoms with Gasteiger partial charge in [-0.2, -0.15) is 18.3 Å². The molecule has 2 heterocycles. The summed E-state index contributed by atoms with van der Waals surface area (Å²) in [7, 11) is 0. The van der Waals surface area contributed by atoms with Crippen LogP contribution in [0, 0.1) is 5.41 Å². The van der Waals surface area contributed by atoms with Crippen LogP contribution in [0.4, 0.5) is 13.2 Å². The second-order valence-electron chi connectivity index (χ2n) is 9.65. The number of alkyl halides is 3. The molecule has 0 unspecified atom stereocenters. The number of aromatic amines is 1. The van der Waals surface area contributed by atoms with Crippen LogP contribution in [0.1, 0.15) is 65.1 Å². The molecule has 2 aromatic carbocycles. The van der Waals surface area contributed by atoms with Crippen LogP contribution in [0.5, 0.6) is 0 Å². The van der Waals surface area contributed by atoms with E-state index in [1.165, 1.54) is 17.3 Å². The Hall–Kier alpha value is -3.09. The first kappa shape index (κ1) is 20.8. The maximum absolute atomic E-state index is 13.1. The molecule has 0 fully saturated rings. The van der Waals surface area contributed by atoms with Crippen LogP contribution in [0.15, 0.2) is 42.5 Å². The molecule has 32 heavy (non-hydrogen) atoms. The van der Waals surface area contributed by atoms with Crippen molar-refractivity contribution in [1.82, 2.24) is 15.1 Å². The minimum Gasteiger partial charge on any atom is -0.328 e. The summed E-state index contributed by atoms with van der Waals surface area (Å²) in [5.41, 5.74) is 5.71. The minimum absolute atomic E-state index is 0.162. The third-order valence-electron chi connectivity index (χ3n) is 6.64. The molecule has 2 aliphatic rings. The zero-order valence-electron chi connectivity index (χ0n) is 18.2. The maximum Gasteiger partial charge on any atom is 0.416 e. The Labute approximate surface area is 184 Å². The minimum atomic E-state index is -4.42. The highest BCUT2D eigenvalue weighted by Crippen LogP contribution is 2.41. The van der Waals surface area contributed by atoms with Crippen molar-refractivity contribution in [3.05, 3.63) is 76.0 Å². The second kappa shape index (κ2) is 6.95. The van der Waals surface area contributed by atoms with Crippen molar-refractivity contribution in [2.24, 2.45) is 5.41 Å². The lowest BCUT2D eigenvalue weighted by atomic mass is 9.90. The Balaban J connectivity index is 1.43. The van der Waals surface area contributed by atoms with E-state index in [9.17, 15) is 18.0 Å². The molecule has 4 nitrogen and oxygen atoms in total. The molecule has 1 N–H and O–H groups in total. The first-order valence-electron chi connectivity index (χ1n) is 10.7. The third-order valence-corrected chi connectivity index (χ3v) is 6.64. The van der Waals surface area contributed by atoms with E-state index in [1.54, 1.807) is 17.9 Å². The number of hydrogen-bond donors (Lipinski definition) is 1. The number of amides is 1. The van der Waals surface area contributed by atoms with E-state index < -0.39 is 17.8 Å². The van der Waals surface area contributed by atoms with Gasteiger partial charge in [0, 0.05) is 28.9 Å². The summed E-state index contributed by atoms with van der Waals surface area (Å²) in [6.07, 6.45) is -2.51. The lowest BCUT2D eigenvalue weighted by Gasteiger charge is -2.25. The van der Waals surface area contributed by atoms with Gasteiger partial charge in [0.15, 0.2) is 0 Å². The van der Waals surface area contributed by atoms with Gasteiger partial charge in [0.1, 0.15) is 0 Å². The van der Waals surface area contributed by atoms with Gasteiger partial charge in [-0.05, 0) is 60.6 Å². The first-order valence-corrected chi connectivity index (χ1v) is 10.7. The number of halogens is 3. The Morgan fingerprint density at radius 1 is 1.12 bits per heavy atom. The molecule has 0 spiro atoms. The number of rotatable bonds is 3. The van der Waals surface area contributed by atoms with Crippen molar-refractivity contribution in [3.8, 4) is 11.3 Å². The topological polar surface area (TPSA) is 49.0 Å². The molecular weight excluding hydrogens is 415 g/mol. The van der Waals surface area contributed by atoms with E-state index in [4.69, 9.17) is 0 Å². The lowest BCUT2D eigenvalue weighted by Crippen LogP contribution is -2.27. The van der Waals surface area contributed by atoms with E-state index in [0.717, 1.165) is 41.8 Å². The summed E-state index contributed by atoms with van der Waals surface area (Å²) >= 11 is 0. The average molecular weight is 439 g/mol. The molecular formula is C25H24F3N3O. The van der Waals surface area contributed by atoms with Gasteiger partial charge in [-0.15, -0.1) is 0 Å². The molecule has 0 saturated carbocycles. The van der Waals surface area contributed by atoms with Gasteiger partial charge in [-0.3, -0.25) is 9.89 Å². The number of nitrogens with one attached hydrogen (secondary N) is 1. The van der Waals surface area contributed by atoms with Crippen LogP contribution in [0.3, 0.4) is 0 Å². The van der Waals surface area contributed by atoms with E-state index in [0.29, 0.717) is 17.7 Å². The average Bonchev–Trinajstić information content (AvgIpc) is 3.36. The standard InChI is InChI=1S/C25H24F3N3O/c1-14(15-5-4-6-18(10-15)25(26,27)28)31-13-17-9-16(7-8-19(17)23(31)32)22-20-11-24(2,3)12-21(20)29-30-22/h4-10,14H,11-13H2,1-3H3,(H,29,30)/t14-/m1/s1. The molecule has 1 amide bonds. The normalized spacial score (nSPS) is 18.1. The van der Waals surface area contributed by atoms with Crippen molar-refractivity contribution in [2.75, 3.05) is 0 Å². The molecule has 0 radical (unpaired) electrons. The maximum atomic E-state index is 13.1. The zero-order chi connectivity index (χ0) is 22.8. The van der Waals surface area contributed by atoms with Crippen molar-refractivity contribution >= 4 is 5.91 Å². The number of carbonyl (C=O) groups is 1. The Morgan fingerprint density at radius 3 is 2.66 bits per heavy atom. The quantitative estimate of drug-likeness (QED) is 0.549. The molecule has 166 valence electrons. The van der Waals surface area contributed by atoms with Crippen molar-refractivity contribution in [1.29, 1.82) is 0 Å². The fourth-order valence-corrected chi connectivity index (χ4v) is 4.95. The number of benzene rings is 2. The van der Waals surface area contributed by atoms with Crippen LogP contribution in [-0.2, 0) is 25.6 Å². The number of fused-ring (bicyclic) bond motifs is 2. The van der Waals surface area contributed by atoms with Gasteiger partial charge in [0.05, 0.1) is 17.3 Å². The van der Waals surface area contributed by atoms with Crippen LogP contribution < -0.4 is 0 Å². The lowest BCUT2D eigenvalue weighted by molar-refractivity contribution is -0.137. The second-order valence-corrected chi connectivity index (χ2v) is 9.65. The predicted molar refractivity (Wildman–Crippen MR) is 115 cm³/mol. The highest BCUT2D eigenvalue weighted by atomic mass is 19.4. The SMILES string of the molecule is C[C@H](c1cccc(C(F)(F)F)c1)N1Cc2cc(-c3n[nH]c4c3CC(C)(C)C4)ccc2C1=O. The van der Waals surface area contributed by atoms with Crippen molar-refractivity contribution < 1.29 is 18.0 Å². The summed E-state index contributed by atoms with van der Waals surface area (Å²) in [6, 6.07) is 10.4. The molecule has 1 aliphatic heterocycles. The summed E-state index contributed by atoms with van der Waals surface area (Å²) in [4.78, 5) is 14.7. The summed E-state index contributed by atoms with van der Waals surface area (Å²) < 4.78 is 39.4. The Bertz CT molecular complexity index is 1230. The molecule has 5 rings (SSSR count). The van der Waals surface area contributed by atoms with Crippen LogP contribution in [0.2, 0.25) is 0 Å². The van der Waals surface area contributed by atoms with Gasteiger partial charge in [-0.25, -0.2) is 0 Å². The number of nitrogens with zero attached hydrogens (tertiary/aromatic N) is 2. The Kier molecular flexibility index (Phi) is 4.52. The highest BCUT2D eigenvalue weighted by Gasteiger charge is 2.36. The third kappa shape index (κ3) is 3.40. The molecule has 1 aliphatic carbocycles. The molecule has 1 aromatic heterocycles. The zero-order valence-corrected chi connectivity index (χ0v) is 18.2. The van der Waals surface area contributed by atoms with Gasteiger partial charge >= 0.3 is 6.18 Å². The Morgan fingerprint density at radius 2 is 1.91 bits per heavy atom. The van der Waals surface area contributed by atoms with Crippen LogP contribution in [0.25, 0.3) is 11.3 Å². The fraction of sp³-hybridized carbons (Fsp3) is 0.360. The van der Waals surface area contributed by atoms with Crippen LogP contribution in [-0.4, -0.2) is 21.0 Å². The first-order chi connectivity index (χ1) is 15.0. The monoisotopic (exact) mass is 439 g/mol. The van der Waals surface area contributed by atoms with Crippen molar-refractivity contribution in [3.63, 3.8) is 0 Å². The van der Waals surface area contributed by atoms with Gasteiger partial charge in [-0.1, -0.05) is 32.0 Å². The summed E-state index contributed by atoms with van der Waals surface area (Å²) in [6.45, 7) is 6.60. The smallest absolute Gasteiger partial charge is 0.328 e. The van der Waals surface area contributed by atoms with E-state index in [-0.39, 0.29) is 11.3 Å². The van der Waals surface area contributed by atoms with E-state index >= 15 is 0 Å². The molecule has 1 atom stereocenters. The number of hydrogen-bond acceptors (Lipinski definition) is 2. The highest BCUT2D eigenvalue weighted by molar-refractivity contribution is 5.99. The molecule has 0 bridgehead atoms. The number of H-pyrrole nitrogens is 1. The van der Waals surface area contributed by atoms with Crippen molar-refractivity contribution in [2.45, 2.75) is 52.4 Å². The number of carbonyl (C=O) groups excluding carboxylic acids is 1. The molecule has 3 aromatic rings. The fourth-order valence-electron chi connectivity index (χ4n) is 4.95. The van der Waals surface area contributed by atoms with E-state index in [2.05, 4.69) is 24.0 Å². The van der Waals surface area contributed by atoms with Gasteiger partial charge in [0.25, 0.3) is 5.91 Å². The molecule has 7 heteroatoms. The van der Waals surface area contributed by atoms with Gasteiger partial charge < -0.3 is 4.90 Å². The largest absolute Gasteiger partial charge is 0.416 e. The number of aromatic nitrogens is 2. The van der Waals surface area contributed by atoms with E-state index in [1.807, 2.05) is 18.2 Å². The predicted octanol–water partition coefficient (Wildman–Crippen LogP) is 5.94. The molecule has 0 saturated heterocycles. The summed E-state index contributed by atoms with van der Waals surface area (Å²) in [5, 5.41) is 7.69. The summed E-state index contributed by atoms with van der Waals surface area (Å²) in [5.74, 6) is -0.162. The van der Waals surface area contributed by atoms with Gasteiger partial charge in [0.2, 0.25) is 0 Å². The van der Waals surface area contributed by atoms with Crippen LogP contribution >= 0.6 is 0 Å².